The van der Waals surface area contributed by atoms with Gasteiger partial charge < -0.3 is 20.9 Å². The smallest absolute Gasteiger partial charge is 0.412 e. The Kier molecular flexibility index (Phi) is 7.96. The minimum atomic E-state index is -0.917. The Labute approximate surface area is 206 Å². The van der Waals surface area contributed by atoms with Crippen molar-refractivity contribution in [1.82, 2.24) is 0 Å². The first-order valence-corrected chi connectivity index (χ1v) is 11.3. The minimum absolute atomic E-state index is 0.0382. The molecule has 8 heteroatoms. The van der Waals surface area contributed by atoms with Gasteiger partial charge in [-0.1, -0.05) is 66.2 Å². The lowest BCUT2D eigenvalue weighted by atomic mass is 9.81. The van der Waals surface area contributed by atoms with E-state index in [4.69, 9.17) is 10.5 Å². The van der Waals surface area contributed by atoms with E-state index in [9.17, 15) is 14.7 Å². The summed E-state index contributed by atoms with van der Waals surface area (Å²) in [4.78, 5) is 25.2. The Morgan fingerprint density at radius 2 is 1.71 bits per heavy atom. The van der Waals surface area contributed by atoms with E-state index in [-0.39, 0.29) is 5.75 Å². The normalized spacial score (nSPS) is 12.2. The zero-order valence-electron chi connectivity index (χ0n) is 18.8. The van der Waals surface area contributed by atoms with Gasteiger partial charge in [-0.2, -0.15) is 0 Å². The highest BCUT2D eigenvalue weighted by Gasteiger charge is 2.34. The van der Waals surface area contributed by atoms with Crippen LogP contribution in [0.15, 0.2) is 89.4 Å². The molecule has 0 aromatic heterocycles. The van der Waals surface area contributed by atoms with Gasteiger partial charge >= 0.3 is 6.09 Å². The molecule has 1 atom stereocenters. The first-order valence-electron chi connectivity index (χ1n) is 10.5. The van der Waals surface area contributed by atoms with Gasteiger partial charge in [-0.25, -0.2) is 4.79 Å². The number of hydrogen-bond acceptors (Lipinski definition) is 5. The summed E-state index contributed by atoms with van der Waals surface area (Å²) in [6, 6.07) is 20.7. The average molecular weight is 524 g/mol. The van der Waals surface area contributed by atoms with Crippen LogP contribution in [-0.2, 0) is 9.53 Å². The predicted molar refractivity (Wildman–Crippen MR) is 137 cm³/mol. The van der Waals surface area contributed by atoms with Gasteiger partial charge in [0.05, 0.1) is 11.4 Å². The maximum Gasteiger partial charge on any atom is 0.412 e. The molecule has 7 nitrogen and oxygen atoms in total. The molecule has 0 aliphatic heterocycles. The van der Waals surface area contributed by atoms with Crippen LogP contribution in [0.5, 0.6) is 5.75 Å². The number of carbonyl (C=O) groups excluding carboxylic acids is 2. The number of nitrogen functional groups attached to an aromatic ring is 1. The lowest BCUT2D eigenvalue weighted by molar-refractivity contribution is -0.112. The van der Waals surface area contributed by atoms with Crippen molar-refractivity contribution in [2.75, 3.05) is 16.4 Å². The van der Waals surface area contributed by atoms with E-state index in [1.54, 1.807) is 80.6 Å². The molecule has 0 aliphatic rings. The van der Waals surface area contributed by atoms with E-state index in [1.807, 2.05) is 6.07 Å². The van der Waals surface area contributed by atoms with Crippen LogP contribution in [0.25, 0.3) is 0 Å². The SMILES string of the molecule is CC(C)(/C=C/C(=O)Nc1ccccc1N)[C@H](OC(=O)Nc1ccccc1)c1cc(Br)ccc1O. The zero-order chi connectivity index (χ0) is 24.7. The number of benzene rings is 3. The molecule has 0 spiro atoms. The summed E-state index contributed by atoms with van der Waals surface area (Å²) < 4.78 is 6.48. The number of nitrogens with one attached hydrogen (secondary N) is 2. The van der Waals surface area contributed by atoms with Crippen LogP contribution in [-0.4, -0.2) is 17.1 Å². The monoisotopic (exact) mass is 523 g/mol. The Balaban J connectivity index is 1.85. The molecule has 176 valence electrons. The molecule has 3 aromatic rings. The van der Waals surface area contributed by atoms with Crippen molar-refractivity contribution in [3.05, 3.63) is 95.0 Å². The predicted octanol–water partition coefficient (Wildman–Crippen LogP) is 6.25. The van der Waals surface area contributed by atoms with Gasteiger partial charge in [-0.3, -0.25) is 10.1 Å². The summed E-state index contributed by atoms with van der Waals surface area (Å²) in [5.41, 5.74) is 6.90. The second-order valence-electron chi connectivity index (χ2n) is 8.21. The minimum Gasteiger partial charge on any atom is -0.508 e. The third kappa shape index (κ3) is 6.62. The number of nitrogens with two attached hydrogens (primary N) is 1. The summed E-state index contributed by atoms with van der Waals surface area (Å²) in [6.45, 7) is 3.60. The van der Waals surface area contributed by atoms with E-state index in [0.29, 0.717) is 27.1 Å². The fourth-order valence-corrected chi connectivity index (χ4v) is 3.67. The second-order valence-corrected chi connectivity index (χ2v) is 9.13. The Morgan fingerprint density at radius 1 is 1.03 bits per heavy atom. The summed E-state index contributed by atoms with van der Waals surface area (Å²) >= 11 is 3.40. The standard InChI is InChI=1S/C26H26BrN3O4/c1-26(2,15-14-23(32)30-21-11-7-6-10-20(21)28)24(19-16-17(27)12-13-22(19)31)34-25(33)29-18-8-4-3-5-9-18/h3-16,24,31H,28H2,1-2H3,(H,29,33)(H,30,32)/b15-14+/t24-/m1/s1. The topological polar surface area (TPSA) is 114 Å². The highest BCUT2D eigenvalue weighted by Crippen LogP contribution is 2.42. The number of ether oxygens (including phenoxy) is 1. The number of para-hydroxylation sites is 3. The first-order chi connectivity index (χ1) is 16.2. The molecule has 34 heavy (non-hydrogen) atoms. The van der Waals surface area contributed by atoms with Crippen LogP contribution in [0.4, 0.5) is 21.9 Å². The van der Waals surface area contributed by atoms with Crippen LogP contribution >= 0.6 is 15.9 Å². The van der Waals surface area contributed by atoms with Gasteiger partial charge in [-0.15, -0.1) is 0 Å². The molecule has 0 fully saturated rings. The summed E-state index contributed by atoms with van der Waals surface area (Å²) in [5.74, 6) is -0.430. The molecule has 0 saturated carbocycles. The first kappa shape index (κ1) is 24.9. The molecule has 0 heterocycles. The molecular weight excluding hydrogens is 498 g/mol. The Morgan fingerprint density at radius 3 is 2.41 bits per heavy atom. The van der Waals surface area contributed by atoms with Crippen molar-refractivity contribution >= 4 is 45.0 Å². The van der Waals surface area contributed by atoms with Gasteiger partial charge in [0.2, 0.25) is 5.91 Å². The number of anilines is 3. The molecule has 0 unspecified atom stereocenters. The molecule has 5 N–H and O–H groups in total. The van der Waals surface area contributed by atoms with Crippen LogP contribution in [0.3, 0.4) is 0 Å². The molecule has 0 radical (unpaired) electrons. The number of aromatic hydroxyl groups is 1. The molecule has 0 bridgehead atoms. The maximum atomic E-state index is 12.7. The van der Waals surface area contributed by atoms with Crippen molar-refractivity contribution in [2.24, 2.45) is 5.41 Å². The number of amides is 2. The van der Waals surface area contributed by atoms with E-state index in [0.717, 1.165) is 0 Å². The number of halogens is 1. The number of carbonyl (C=O) groups is 2. The highest BCUT2D eigenvalue weighted by molar-refractivity contribution is 9.10. The lowest BCUT2D eigenvalue weighted by Gasteiger charge is -2.32. The quantitative estimate of drug-likeness (QED) is 0.216. The molecule has 0 aliphatic carbocycles. The average Bonchev–Trinajstić information content (AvgIpc) is 2.80. The molecule has 3 aromatic carbocycles. The van der Waals surface area contributed by atoms with Crippen LogP contribution in [0.2, 0.25) is 0 Å². The summed E-state index contributed by atoms with van der Waals surface area (Å²) in [7, 11) is 0. The van der Waals surface area contributed by atoms with Crippen molar-refractivity contribution < 1.29 is 19.4 Å². The number of phenolic OH excluding ortho intramolecular Hbond substituents is 1. The Hall–Kier alpha value is -3.78. The lowest BCUT2D eigenvalue weighted by Crippen LogP contribution is -2.28. The highest BCUT2D eigenvalue weighted by atomic mass is 79.9. The summed E-state index contributed by atoms with van der Waals surface area (Å²) in [6.07, 6.45) is 1.37. The number of hydrogen-bond donors (Lipinski definition) is 4. The zero-order valence-corrected chi connectivity index (χ0v) is 20.4. The van der Waals surface area contributed by atoms with Gasteiger partial charge in [0, 0.05) is 21.1 Å². The fraction of sp³-hybridized carbons (Fsp3) is 0.154. The number of phenols is 1. The van der Waals surface area contributed by atoms with Gasteiger partial charge in [0.25, 0.3) is 0 Å². The van der Waals surface area contributed by atoms with Crippen molar-refractivity contribution in [2.45, 2.75) is 20.0 Å². The van der Waals surface area contributed by atoms with Crippen LogP contribution < -0.4 is 16.4 Å². The second kappa shape index (κ2) is 10.9. The van der Waals surface area contributed by atoms with E-state index < -0.39 is 23.5 Å². The third-order valence-electron chi connectivity index (χ3n) is 5.08. The summed E-state index contributed by atoms with van der Waals surface area (Å²) in [5, 5.41) is 15.9. The van der Waals surface area contributed by atoms with E-state index >= 15 is 0 Å². The largest absolute Gasteiger partial charge is 0.508 e. The third-order valence-corrected chi connectivity index (χ3v) is 5.57. The molecule has 0 saturated heterocycles. The Bertz CT molecular complexity index is 1200. The maximum absolute atomic E-state index is 12.7. The van der Waals surface area contributed by atoms with Crippen molar-refractivity contribution in [3.8, 4) is 5.75 Å². The fourth-order valence-electron chi connectivity index (χ4n) is 3.29. The van der Waals surface area contributed by atoms with Gasteiger partial charge in [-0.05, 0) is 48.5 Å². The van der Waals surface area contributed by atoms with Crippen molar-refractivity contribution in [1.29, 1.82) is 0 Å². The number of rotatable bonds is 7. The van der Waals surface area contributed by atoms with Crippen LogP contribution in [0, 0.1) is 5.41 Å². The van der Waals surface area contributed by atoms with Crippen molar-refractivity contribution in [3.63, 3.8) is 0 Å². The molecular formula is C26H26BrN3O4. The van der Waals surface area contributed by atoms with E-state index in [1.165, 1.54) is 12.1 Å². The van der Waals surface area contributed by atoms with Gasteiger partial charge in [0.1, 0.15) is 11.9 Å². The van der Waals surface area contributed by atoms with Gasteiger partial charge in [0.15, 0.2) is 0 Å². The molecule has 2 amide bonds. The van der Waals surface area contributed by atoms with E-state index in [2.05, 4.69) is 26.6 Å². The van der Waals surface area contributed by atoms with Crippen LogP contribution in [0.1, 0.15) is 25.5 Å². The molecule has 3 rings (SSSR count).